The maximum Gasteiger partial charge on any atom is 0.311 e. The van der Waals surface area contributed by atoms with Crippen LogP contribution in [0.5, 0.6) is 5.75 Å². The number of hydrogen-bond acceptors (Lipinski definition) is 3. The normalized spacial score (nSPS) is 16.5. The second-order valence-corrected chi connectivity index (χ2v) is 6.18. The molecule has 0 saturated heterocycles. The molecule has 114 valence electrons. The van der Waals surface area contributed by atoms with Crippen molar-refractivity contribution >= 4 is 27.8 Å². The van der Waals surface area contributed by atoms with Gasteiger partial charge < -0.3 is 15.2 Å². The third-order valence-electron chi connectivity index (χ3n) is 4.02. The number of methoxy groups -OCH3 is 1. The first-order chi connectivity index (χ1) is 9.98. The number of ether oxygens (including phenoxy) is 1. The number of aliphatic carboxylic acids is 1. The molecule has 1 aliphatic rings. The highest BCUT2D eigenvalue weighted by Gasteiger charge is 2.41. The molecule has 0 aliphatic heterocycles. The molecule has 0 spiro atoms. The molecule has 2 rings (SSSR count). The molecule has 1 saturated carbocycles. The fourth-order valence-corrected chi connectivity index (χ4v) is 3.22. The van der Waals surface area contributed by atoms with Crippen LogP contribution in [0.3, 0.4) is 0 Å². The van der Waals surface area contributed by atoms with Crippen LogP contribution in [0.4, 0.5) is 0 Å². The SMILES string of the molecule is COc1ccc(C(=O)NCC2(C(=O)O)CCCC2)cc1Br. The Balaban J connectivity index is 2.04. The predicted molar refractivity (Wildman–Crippen MR) is 81.6 cm³/mol. The molecule has 1 amide bonds. The molecule has 5 nitrogen and oxygen atoms in total. The predicted octanol–water partition coefficient (Wildman–Crippen LogP) is 2.83. The number of carbonyl (C=O) groups excluding carboxylic acids is 1. The summed E-state index contributed by atoms with van der Waals surface area (Å²) in [5.41, 5.74) is -0.333. The molecule has 1 aromatic rings. The number of nitrogens with one attached hydrogen (secondary N) is 1. The van der Waals surface area contributed by atoms with Crippen LogP contribution in [-0.4, -0.2) is 30.6 Å². The van der Waals surface area contributed by atoms with Crippen LogP contribution < -0.4 is 10.1 Å². The van der Waals surface area contributed by atoms with Gasteiger partial charge in [0.25, 0.3) is 5.91 Å². The van der Waals surface area contributed by atoms with Crippen molar-refractivity contribution in [1.82, 2.24) is 5.32 Å². The van der Waals surface area contributed by atoms with Crippen molar-refractivity contribution in [1.29, 1.82) is 0 Å². The van der Waals surface area contributed by atoms with Gasteiger partial charge in [-0.2, -0.15) is 0 Å². The van der Waals surface area contributed by atoms with Crippen LogP contribution >= 0.6 is 15.9 Å². The summed E-state index contributed by atoms with van der Waals surface area (Å²) in [4.78, 5) is 23.6. The van der Waals surface area contributed by atoms with E-state index in [2.05, 4.69) is 21.2 Å². The van der Waals surface area contributed by atoms with Gasteiger partial charge in [-0.15, -0.1) is 0 Å². The Morgan fingerprint density at radius 3 is 2.57 bits per heavy atom. The molecule has 6 heteroatoms. The molecule has 0 heterocycles. The second-order valence-electron chi connectivity index (χ2n) is 5.32. The highest BCUT2D eigenvalue weighted by Crippen LogP contribution is 2.37. The summed E-state index contributed by atoms with van der Waals surface area (Å²) in [6.45, 7) is 0.171. The zero-order valence-corrected chi connectivity index (χ0v) is 13.4. The minimum absolute atomic E-state index is 0.171. The monoisotopic (exact) mass is 355 g/mol. The Morgan fingerprint density at radius 2 is 2.05 bits per heavy atom. The molecule has 0 bridgehead atoms. The van der Waals surface area contributed by atoms with Crippen molar-refractivity contribution in [2.45, 2.75) is 25.7 Å². The maximum atomic E-state index is 12.2. The largest absolute Gasteiger partial charge is 0.496 e. The van der Waals surface area contributed by atoms with E-state index in [-0.39, 0.29) is 12.5 Å². The average molecular weight is 356 g/mol. The first-order valence-corrected chi connectivity index (χ1v) is 7.63. The summed E-state index contributed by atoms with van der Waals surface area (Å²) in [6.07, 6.45) is 3.04. The zero-order valence-electron chi connectivity index (χ0n) is 11.8. The van der Waals surface area contributed by atoms with Crippen molar-refractivity contribution in [2.24, 2.45) is 5.41 Å². The lowest BCUT2D eigenvalue weighted by Crippen LogP contribution is -2.41. The minimum atomic E-state index is -0.823. The number of rotatable bonds is 5. The molecule has 1 aliphatic carbocycles. The van der Waals surface area contributed by atoms with Gasteiger partial charge in [0.1, 0.15) is 5.75 Å². The Labute approximate surface area is 131 Å². The second kappa shape index (κ2) is 6.47. The van der Waals surface area contributed by atoms with E-state index < -0.39 is 11.4 Å². The zero-order chi connectivity index (χ0) is 15.5. The number of benzene rings is 1. The van der Waals surface area contributed by atoms with Crippen LogP contribution in [-0.2, 0) is 4.79 Å². The highest BCUT2D eigenvalue weighted by molar-refractivity contribution is 9.10. The number of amides is 1. The van der Waals surface area contributed by atoms with Gasteiger partial charge in [0.2, 0.25) is 0 Å². The number of halogens is 1. The van der Waals surface area contributed by atoms with Crippen LogP contribution in [0.2, 0.25) is 0 Å². The van der Waals surface area contributed by atoms with E-state index in [0.717, 1.165) is 12.8 Å². The van der Waals surface area contributed by atoms with Crippen LogP contribution in [0.1, 0.15) is 36.0 Å². The average Bonchev–Trinajstić information content (AvgIpc) is 2.95. The molecule has 0 atom stereocenters. The van der Waals surface area contributed by atoms with Gasteiger partial charge in [-0.1, -0.05) is 12.8 Å². The molecule has 1 fully saturated rings. The molecule has 0 aromatic heterocycles. The van der Waals surface area contributed by atoms with E-state index >= 15 is 0 Å². The van der Waals surface area contributed by atoms with E-state index in [4.69, 9.17) is 4.74 Å². The van der Waals surface area contributed by atoms with Crippen molar-refractivity contribution in [3.8, 4) is 5.75 Å². The molecular formula is C15H18BrNO4. The summed E-state index contributed by atoms with van der Waals surface area (Å²) in [7, 11) is 1.55. The van der Waals surface area contributed by atoms with Gasteiger partial charge in [-0.25, -0.2) is 0 Å². The lowest BCUT2D eigenvalue weighted by Gasteiger charge is -2.24. The van der Waals surface area contributed by atoms with Crippen molar-refractivity contribution < 1.29 is 19.4 Å². The Hall–Kier alpha value is -1.56. The third kappa shape index (κ3) is 3.37. The van der Waals surface area contributed by atoms with Crippen LogP contribution in [0.25, 0.3) is 0 Å². The van der Waals surface area contributed by atoms with E-state index in [9.17, 15) is 14.7 Å². The van der Waals surface area contributed by atoms with Gasteiger partial charge in [0.05, 0.1) is 17.0 Å². The fraction of sp³-hybridized carbons (Fsp3) is 0.467. The Kier molecular flexibility index (Phi) is 4.88. The third-order valence-corrected chi connectivity index (χ3v) is 4.64. The quantitative estimate of drug-likeness (QED) is 0.851. The maximum absolute atomic E-state index is 12.2. The smallest absolute Gasteiger partial charge is 0.311 e. The van der Waals surface area contributed by atoms with E-state index in [1.165, 1.54) is 0 Å². The molecule has 2 N–H and O–H groups in total. The molecule has 0 unspecified atom stereocenters. The first kappa shape index (κ1) is 15.8. The minimum Gasteiger partial charge on any atom is -0.496 e. The van der Waals surface area contributed by atoms with Crippen LogP contribution in [0.15, 0.2) is 22.7 Å². The van der Waals surface area contributed by atoms with Gasteiger partial charge >= 0.3 is 5.97 Å². The Morgan fingerprint density at radius 1 is 1.38 bits per heavy atom. The number of carbonyl (C=O) groups is 2. The van der Waals surface area contributed by atoms with Gasteiger partial charge in [-0.05, 0) is 47.0 Å². The summed E-state index contributed by atoms with van der Waals surface area (Å²) >= 11 is 3.33. The van der Waals surface area contributed by atoms with Gasteiger partial charge in [0, 0.05) is 12.1 Å². The lowest BCUT2D eigenvalue weighted by molar-refractivity contribution is -0.148. The summed E-state index contributed by atoms with van der Waals surface area (Å²) in [5, 5.41) is 12.1. The fourth-order valence-electron chi connectivity index (χ4n) is 2.68. The van der Waals surface area contributed by atoms with E-state index in [0.29, 0.717) is 28.6 Å². The first-order valence-electron chi connectivity index (χ1n) is 6.84. The standard InChI is InChI=1S/C15H18BrNO4/c1-21-12-5-4-10(8-11(12)16)13(18)17-9-15(14(19)20)6-2-3-7-15/h4-5,8H,2-3,6-7,9H2,1H3,(H,17,18)(H,19,20). The van der Waals surface area contributed by atoms with Gasteiger partial charge in [-0.3, -0.25) is 9.59 Å². The highest BCUT2D eigenvalue weighted by atomic mass is 79.9. The summed E-state index contributed by atoms with van der Waals surface area (Å²) in [5.74, 6) is -0.452. The molecule has 21 heavy (non-hydrogen) atoms. The topological polar surface area (TPSA) is 75.6 Å². The van der Waals surface area contributed by atoms with E-state index in [1.54, 1.807) is 25.3 Å². The summed E-state index contributed by atoms with van der Waals surface area (Å²) in [6, 6.07) is 5.01. The molecule has 1 aromatic carbocycles. The number of hydrogen-bond donors (Lipinski definition) is 2. The molecular weight excluding hydrogens is 338 g/mol. The summed E-state index contributed by atoms with van der Waals surface area (Å²) < 4.78 is 5.80. The Bertz CT molecular complexity index is 553. The number of carboxylic acid groups (broad SMARTS) is 1. The van der Waals surface area contributed by atoms with Crippen LogP contribution in [0, 0.1) is 5.41 Å². The van der Waals surface area contributed by atoms with Crippen molar-refractivity contribution in [3.05, 3.63) is 28.2 Å². The lowest BCUT2D eigenvalue weighted by atomic mass is 9.86. The molecule has 0 radical (unpaired) electrons. The number of carboxylic acids is 1. The van der Waals surface area contributed by atoms with E-state index in [1.807, 2.05) is 0 Å². The van der Waals surface area contributed by atoms with Crippen molar-refractivity contribution in [2.75, 3.05) is 13.7 Å². The van der Waals surface area contributed by atoms with Gasteiger partial charge in [0.15, 0.2) is 0 Å². The van der Waals surface area contributed by atoms with Crippen molar-refractivity contribution in [3.63, 3.8) is 0 Å².